The predicted octanol–water partition coefficient (Wildman–Crippen LogP) is 2.54. The second-order valence-corrected chi connectivity index (χ2v) is 7.60. The number of ether oxygens (including phenoxy) is 3. The molecule has 0 spiro atoms. The molecule has 30 heavy (non-hydrogen) atoms. The normalized spacial score (nSPS) is 16.7. The van der Waals surface area contributed by atoms with Crippen LogP contribution in [0.5, 0.6) is 11.5 Å². The van der Waals surface area contributed by atoms with Crippen LogP contribution < -0.4 is 19.7 Å². The first kappa shape index (κ1) is 20.5. The van der Waals surface area contributed by atoms with Crippen LogP contribution in [0, 0.1) is 0 Å². The zero-order chi connectivity index (χ0) is 20.9. The molecule has 2 aromatic carbocycles. The van der Waals surface area contributed by atoms with E-state index < -0.39 is 0 Å². The average molecular weight is 412 g/mol. The standard InChI is InChI=1S/C23H29N3O4/c1-28-21-13-17-7-8-25(15-18(17)14-22(21)29-2)16-23(27)24-19-5-3-4-6-20(19)26-9-11-30-12-10-26/h3-6,13-14H,7-12,15-16H2,1-2H3,(H,24,27). The van der Waals surface area contributed by atoms with Crippen LogP contribution in [-0.2, 0) is 22.5 Å². The van der Waals surface area contributed by atoms with Gasteiger partial charge in [-0.05, 0) is 41.8 Å². The lowest BCUT2D eigenvalue weighted by atomic mass is 9.99. The molecule has 1 saturated heterocycles. The van der Waals surface area contributed by atoms with Crippen molar-refractivity contribution in [1.82, 2.24) is 4.90 Å². The summed E-state index contributed by atoms with van der Waals surface area (Å²) >= 11 is 0. The van der Waals surface area contributed by atoms with Crippen LogP contribution in [0.4, 0.5) is 11.4 Å². The van der Waals surface area contributed by atoms with Crippen molar-refractivity contribution in [1.29, 1.82) is 0 Å². The third-order valence-corrected chi connectivity index (χ3v) is 5.69. The highest BCUT2D eigenvalue weighted by Gasteiger charge is 2.22. The molecule has 1 N–H and O–H groups in total. The molecule has 0 aliphatic carbocycles. The second kappa shape index (κ2) is 9.36. The Morgan fingerprint density at radius 3 is 2.47 bits per heavy atom. The Morgan fingerprint density at radius 1 is 1.03 bits per heavy atom. The molecular weight excluding hydrogens is 382 g/mol. The Morgan fingerprint density at radius 2 is 1.73 bits per heavy atom. The Labute approximate surface area is 177 Å². The topological polar surface area (TPSA) is 63.3 Å². The van der Waals surface area contributed by atoms with Gasteiger partial charge >= 0.3 is 0 Å². The van der Waals surface area contributed by atoms with Gasteiger partial charge in [-0.3, -0.25) is 9.69 Å². The fourth-order valence-electron chi connectivity index (χ4n) is 4.13. The van der Waals surface area contributed by atoms with E-state index in [4.69, 9.17) is 14.2 Å². The molecule has 0 atom stereocenters. The number of nitrogens with zero attached hydrogens (tertiary/aromatic N) is 2. The molecule has 4 rings (SSSR count). The van der Waals surface area contributed by atoms with Gasteiger partial charge in [0.1, 0.15) is 0 Å². The largest absolute Gasteiger partial charge is 0.493 e. The van der Waals surface area contributed by atoms with E-state index in [0.29, 0.717) is 26.3 Å². The third kappa shape index (κ3) is 4.52. The van der Waals surface area contributed by atoms with Gasteiger partial charge in [0.15, 0.2) is 11.5 Å². The van der Waals surface area contributed by atoms with Gasteiger partial charge in [0.2, 0.25) is 5.91 Å². The summed E-state index contributed by atoms with van der Waals surface area (Å²) in [6.07, 6.45) is 0.882. The number of hydrogen-bond acceptors (Lipinski definition) is 6. The van der Waals surface area contributed by atoms with E-state index in [9.17, 15) is 4.79 Å². The van der Waals surface area contributed by atoms with E-state index in [1.54, 1.807) is 14.2 Å². The molecular formula is C23H29N3O4. The SMILES string of the molecule is COc1cc2c(cc1OC)CN(CC(=O)Nc1ccccc1N1CCOCC1)CC2. The van der Waals surface area contributed by atoms with Crippen molar-refractivity contribution in [2.45, 2.75) is 13.0 Å². The lowest BCUT2D eigenvalue weighted by Gasteiger charge is -2.31. The first-order valence-corrected chi connectivity index (χ1v) is 10.4. The van der Waals surface area contributed by atoms with Crippen LogP contribution in [0.3, 0.4) is 0 Å². The number of carbonyl (C=O) groups excluding carboxylic acids is 1. The van der Waals surface area contributed by atoms with Gasteiger partial charge < -0.3 is 24.4 Å². The number of rotatable bonds is 6. The van der Waals surface area contributed by atoms with Crippen LogP contribution in [0.2, 0.25) is 0 Å². The summed E-state index contributed by atoms with van der Waals surface area (Å²) in [5, 5.41) is 3.11. The second-order valence-electron chi connectivity index (χ2n) is 7.60. The van der Waals surface area contributed by atoms with Gasteiger partial charge in [-0.1, -0.05) is 12.1 Å². The number of anilines is 2. The number of carbonyl (C=O) groups is 1. The van der Waals surface area contributed by atoms with E-state index >= 15 is 0 Å². The first-order chi connectivity index (χ1) is 14.7. The zero-order valence-corrected chi connectivity index (χ0v) is 17.6. The van der Waals surface area contributed by atoms with Gasteiger partial charge in [0.25, 0.3) is 0 Å². The van der Waals surface area contributed by atoms with Crippen molar-refractivity contribution in [3.05, 3.63) is 47.5 Å². The highest BCUT2D eigenvalue weighted by molar-refractivity contribution is 5.95. The molecule has 0 radical (unpaired) electrons. The minimum absolute atomic E-state index is 0.000337. The van der Waals surface area contributed by atoms with E-state index in [1.165, 1.54) is 11.1 Å². The number of hydrogen-bond donors (Lipinski definition) is 1. The maximum atomic E-state index is 12.8. The molecule has 2 heterocycles. The summed E-state index contributed by atoms with van der Waals surface area (Å²) in [4.78, 5) is 17.2. The van der Waals surface area contributed by atoms with E-state index in [1.807, 2.05) is 30.3 Å². The summed E-state index contributed by atoms with van der Waals surface area (Å²) in [5.74, 6) is 1.48. The summed E-state index contributed by atoms with van der Waals surface area (Å²) < 4.78 is 16.3. The molecule has 160 valence electrons. The number of fused-ring (bicyclic) bond motifs is 1. The molecule has 0 aromatic heterocycles. The van der Waals surface area contributed by atoms with Gasteiger partial charge in [-0.25, -0.2) is 0 Å². The van der Waals surface area contributed by atoms with E-state index in [0.717, 1.165) is 48.9 Å². The Kier molecular flexibility index (Phi) is 6.40. The number of methoxy groups -OCH3 is 2. The molecule has 7 nitrogen and oxygen atoms in total. The van der Waals surface area contributed by atoms with E-state index in [2.05, 4.69) is 21.2 Å². The van der Waals surface area contributed by atoms with Gasteiger partial charge in [0.05, 0.1) is 45.4 Å². The summed E-state index contributed by atoms with van der Waals surface area (Å²) in [5.41, 5.74) is 4.34. The fraction of sp³-hybridized carbons (Fsp3) is 0.435. The van der Waals surface area contributed by atoms with Crippen LogP contribution >= 0.6 is 0 Å². The van der Waals surface area contributed by atoms with E-state index in [-0.39, 0.29) is 5.91 Å². The minimum atomic E-state index is -0.000337. The van der Waals surface area contributed by atoms with Crippen molar-refractivity contribution in [3.8, 4) is 11.5 Å². The maximum absolute atomic E-state index is 12.8. The van der Waals surface area contributed by atoms with Gasteiger partial charge in [-0.15, -0.1) is 0 Å². The number of morpholine rings is 1. The van der Waals surface area contributed by atoms with Crippen molar-refractivity contribution in [2.75, 3.05) is 63.8 Å². The third-order valence-electron chi connectivity index (χ3n) is 5.69. The zero-order valence-electron chi connectivity index (χ0n) is 17.6. The van der Waals surface area contributed by atoms with Crippen LogP contribution in [-0.4, -0.2) is 64.4 Å². The highest BCUT2D eigenvalue weighted by atomic mass is 16.5. The van der Waals surface area contributed by atoms with Crippen LogP contribution in [0.1, 0.15) is 11.1 Å². The molecule has 1 fully saturated rings. The minimum Gasteiger partial charge on any atom is -0.493 e. The Bertz CT molecular complexity index is 896. The lowest BCUT2D eigenvalue weighted by molar-refractivity contribution is -0.117. The lowest BCUT2D eigenvalue weighted by Crippen LogP contribution is -2.38. The predicted molar refractivity (Wildman–Crippen MR) is 117 cm³/mol. The molecule has 7 heteroatoms. The molecule has 1 amide bonds. The number of nitrogens with one attached hydrogen (secondary N) is 1. The fourth-order valence-corrected chi connectivity index (χ4v) is 4.13. The molecule has 0 unspecified atom stereocenters. The number of para-hydroxylation sites is 2. The number of amides is 1. The summed E-state index contributed by atoms with van der Waals surface area (Å²) in [6.45, 7) is 5.00. The smallest absolute Gasteiger partial charge is 0.238 e. The molecule has 0 saturated carbocycles. The Hall–Kier alpha value is -2.77. The van der Waals surface area contributed by atoms with Crippen molar-refractivity contribution in [3.63, 3.8) is 0 Å². The number of benzene rings is 2. The highest BCUT2D eigenvalue weighted by Crippen LogP contribution is 2.33. The quantitative estimate of drug-likeness (QED) is 0.788. The first-order valence-electron chi connectivity index (χ1n) is 10.4. The Balaban J connectivity index is 1.41. The van der Waals surface area contributed by atoms with Crippen LogP contribution in [0.25, 0.3) is 0 Å². The van der Waals surface area contributed by atoms with Crippen molar-refractivity contribution in [2.24, 2.45) is 0 Å². The summed E-state index contributed by atoms with van der Waals surface area (Å²) in [6, 6.07) is 12.0. The van der Waals surface area contributed by atoms with Gasteiger partial charge in [0, 0.05) is 26.2 Å². The van der Waals surface area contributed by atoms with Crippen molar-refractivity contribution >= 4 is 17.3 Å². The van der Waals surface area contributed by atoms with Gasteiger partial charge in [-0.2, -0.15) is 0 Å². The molecule has 2 aromatic rings. The van der Waals surface area contributed by atoms with Crippen LogP contribution in [0.15, 0.2) is 36.4 Å². The average Bonchev–Trinajstić information content (AvgIpc) is 2.79. The molecule has 2 aliphatic heterocycles. The molecule has 2 aliphatic rings. The maximum Gasteiger partial charge on any atom is 0.238 e. The van der Waals surface area contributed by atoms with Crippen molar-refractivity contribution < 1.29 is 19.0 Å². The monoisotopic (exact) mass is 411 g/mol. The summed E-state index contributed by atoms with van der Waals surface area (Å²) in [7, 11) is 3.29. The molecule has 0 bridgehead atoms.